The zero-order chi connectivity index (χ0) is 38.6. The Bertz CT molecular complexity index is 1210. The first kappa shape index (κ1) is 43.9. The van der Waals surface area contributed by atoms with Crippen molar-refractivity contribution in [2.75, 3.05) is 13.1 Å². The maximum atomic E-state index is 11.3. The molecule has 294 valence electrons. The number of piperidine rings is 1. The molecule has 4 fully saturated rings. The molecular weight excluding hydrogens is 673 g/mol. The Morgan fingerprint density at radius 1 is 0.922 bits per heavy atom. The molecule has 0 bridgehead atoms. The van der Waals surface area contributed by atoms with Crippen molar-refractivity contribution in [3.05, 3.63) is 23.3 Å². The van der Waals surface area contributed by atoms with Crippen LogP contribution in [0, 0.1) is 23.2 Å². The van der Waals surface area contributed by atoms with Crippen LogP contribution < -0.4 is 5.73 Å². The van der Waals surface area contributed by atoms with Crippen molar-refractivity contribution < 1.29 is 28.7 Å². The van der Waals surface area contributed by atoms with Crippen LogP contribution >= 0.6 is 0 Å². The molecule has 4 N–H and O–H groups in total. The molecule has 1 aliphatic heterocycles. The molecular formula is C41H76N2O6Si2. The molecule has 2 amide bonds. The predicted molar refractivity (Wildman–Crippen MR) is 215 cm³/mol. The zero-order valence-electron chi connectivity index (χ0n) is 34.6. The number of aliphatic hydroxyl groups is 1. The topological polar surface area (TPSA) is 122 Å². The van der Waals surface area contributed by atoms with Crippen LogP contribution in [-0.4, -0.2) is 75.1 Å². The van der Waals surface area contributed by atoms with Crippen LogP contribution in [0.2, 0.25) is 36.3 Å². The molecule has 0 spiro atoms. The third-order valence-electron chi connectivity index (χ3n) is 13.9. The van der Waals surface area contributed by atoms with E-state index in [4.69, 9.17) is 14.6 Å². The third-order valence-corrected chi connectivity index (χ3v) is 23.0. The molecule has 51 heavy (non-hydrogen) atoms. The fraction of sp³-hybridized carbons (Fsp3) is 0.854. The summed E-state index contributed by atoms with van der Waals surface area (Å²) < 4.78 is 14.0. The van der Waals surface area contributed by atoms with Gasteiger partial charge in [0.1, 0.15) is 0 Å². The van der Waals surface area contributed by atoms with E-state index in [0.717, 1.165) is 77.3 Å². The van der Waals surface area contributed by atoms with Gasteiger partial charge in [-0.2, -0.15) is 0 Å². The van der Waals surface area contributed by atoms with Crippen LogP contribution in [0.5, 0.6) is 0 Å². The van der Waals surface area contributed by atoms with Crippen molar-refractivity contribution in [1.29, 1.82) is 0 Å². The van der Waals surface area contributed by atoms with Gasteiger partial charge in [-0.1, -0.05) is 78.7 Å². The van der Waals surface area contributed by atoms with Gasteiger partial charge in [0, 0.05) is 13.1 Å². The Morgan fingerprint density at radius 3 is 1.90 bits per heavy atom. The molecule has 0 aromatic carbocycles. The normalized spacial score (nSPS) is 29.9. The second-order valence-electron chi connectivity index (χ2n) is 19.7. The number of hydrogen-bond acceptors (Lipinski definition) is 5. The van der Waals surface area contributed by atoms with E-state index >= 15 is 0 Å². The second-order valence-corrected chi connectivity index (χ2v) is 29.2. The predicted octanol–water partition coefficient (Wildman–Crippen LogP) is 10.0. The maximum absolute atomic E-state index is 11.3. The third kappa shape index (κ3) is 11.5. The average molecular weight is 749 g/mol. The maximum Gasteiger partial charge on any atom is 0.314 e. The number of likely N-dealkylation sites (tertiary alicyclic amines) is 1. The van der Waals surface area contributed by atoms with E-state index in [2.05, 4.69) is 93.7 Å². The number of urea groups is 1. The summed E-state index contributed by atoms with van der Waals surface area (Å²) in [5.41, 5.74) is 8.18. The average Bonchev–Trinajstić information content (AvgIpc) is 3.35. The molecule has 0 radical (unpaired) electrons. The number of rotatable bonds is 9. The van der Waals surface area contributed by atoms with Crippen molar-refractivity contribution in [3.63, 3.8) is 0 Å². The molecule has 0 aromatic heterocycles. The van der Waals surface area contributed by atoms with Gasteiger partial charge in [0.15, 0.2) is 16.6 Å². The van der Waals surface area contributed by atoms with Crippen LogP contribution in [0.15, 0.2) is 23.3 Å². The molecule has 3 aliphatic carbocycles. The van der Waals surface area contributed by atoms with Crippen molar-refractivity contribution >= 4 is 28.6 Å². The summed E-state index contributed by atoms with van der Waals surface area (Å²) in [6.45, 7) is 29.6. The van der Waals surface area contributed by atoms with Crippen LogP contribution in [0.3, 0.4) is 0 Å². The number of carboxylic acids is 1. The number of amides is 2. The lowest BCUT2D eigenvalue weighted by Crippen LogP contribution is -2.48. The summed E-state index contributed by atoms with van der Waals surface area (Å²) in [6, 6.07) is -0.269. The Hall–Kier alpha value is -1.47. The molecule has 10 heteroatoms. The Morgan fingerprint density at radius 2 is 1.45 bits per heavy atom. The van der Waals surface area contributed by atoms with Crippen molar-refractivity contribution in [2.45, 2.75) is 187 Å². The first-order valence-electron chi connectivity index (χ1n) is 20.1. The Kier molecular flexibility index (Phi) is 14.9. The quantitative estimate of drug-likeness (QED) is 0.202. The van der Waals surface area contributed by atoms with Crippen LogP contribution in [0.4, 0.5) is 4.79 Å². The highest BCUT2D eigenvalue weighted by Crippen LogP contribution is 2.60. The number of carboxylic acid groups (broad SMARTS) is 1. The van der Waals surface area contributed by atoms with Gasteiger partial charge in [-0.3, -0.25) is 4.79 Å². The standard InChI is InChI=1S/C35H64O5Si2.C6H12N2O/c1-24(31(36)23-32(37)38)29-17-18-30-26(14-13-19-35(29,30)8)16-15-25-20-27(39-41(9,10)33(2,3)4)22-28(21-25)40-42(11,12)34(5,6)7;7-6(9)8-4-2-1-3-5-8/h15-16,24,27-31,36H,13-14,17-23H2,1-12H3,(H,37,38);1-5H2,(H2,7,9)/t24-,27+,28+,29+,30-,31?,35+;/m0./s1. The molecule has 1 saturated heterocycles. The molecule has 0 aromatic rings. The van der Waals surface area contributed by atoms with Crippen molar-refractivity contribution in [2.24, 2.45) is 28.9 Å². The van der Waals surface area contributed by atoms with Crippen molar-refractivity contribution in [3.8, 4) is 0 Å². The van der Waals surface area contributed by atoms with Crippen LogP contribution in [-0.2, 0) is 13.6 Å². The lowest BCUT2D eigenvalue weighted by molar-refractivity contribution is -0.140. The number of nitrogens with zero attached hydrogens (tertiary/aromatic N) is 1. The zero-order valence-corrected chi connectivity index (χ0v) is 36.6. The van der Waals surface area contributed by atoms with Gasteiger partial charge in [0.25, 0.3) is 0 Å². The minimum atomic E-state index is -1.91. The summed E-state index contributed by atoms with van der Waals surface area (Å²) >= 11 is 0. The van der Waals surface area contributed by atoms with Gasteiger partial charge in [0.05, 0.1) is 24.7 Å². The second kappa shape index (κ2) is 17.3. The van der Waals surface area contributed by atoms with E-state index in [9.17, 15) is 19.8 Å². The fourth-order valence-corrected chi connectivity index (χ4v) is 11.5. The number of hydrogen-bond donors (Lipinski definition) is 3. The molecule has 1 heterocycles. The number of aliphatic hydroxyl groups excluding tert-OH is 1. The molecule has 4 rings (SSSR count). The van der Waals surface area contributed by atoms with E-state index in [-0.39, 0.29) is 46.1 Å². The Labute approximate surface area is 313 Å². The lowest BCUT2D eigenvalue weighted by Gasteiger charge is -2.45. The number of carbonyl (C=O) groups excluding carboxylic acids is 1. The molecule has 8 nitrogen and oxygen atoms in total. The van der Waals surface area contributed by atoms with Gasteiger partial charge in [-0.25, -0.2) is 4.79 Å². The number of carbonyl (C=O) groups is 2. The molecule has 4 aliphatic rings. The number of allylic oxidation sites excluding steroid dienone is 3. The SMILES string of the molecule is C[C@H](C(O)CC(=O)O)[C@H]1CC[C@H]2C(=CC=C3C[C@@H](O[Si](C)(C)C(C)(C)C)C[C@H](O[Si](C)(C)C(C)(C)C)C3)CCC[C@]12C.NC(=O)N1CCCCC1. The molecule has 7 atom stereocenters. The monoisotopic (exact) mass is 749 g/mol. The Balaban J connectivity index is 0.000000676. The van der Waals surface area contributed by atoms with Crippen LogP contribution in [0.25, 0.3) is 0 Å². The number of primary amides is 1. The lowest BCUT2D eigenvalue weighted by atomic mass is 9.60. The number of nitrogens with two attached hydrogens (primary N) is 1. The molecule has 3 saturated carbocycles. The van der Waals surface area contributed by atoms with Gasteiger partial charge in [-0.15, -0.1) is 0 Å². The summed E-state index contributed by atoms with van der Waals surface area (Å²) in [4.78, 5) is 23.5. The molecule has 1 unspecified atom stereocenters. The van der Waals surface area contributed by atoms with Gasteiger partial charge in [0.2, 0.25) is 0 Å². The summed E-state index contributed by atoms with van der Waals surface area (Å²) in [5.74, 6) is -0.0555. The van der Waals surface area contributed by atoms with Gasteiger partial charge < -0.3 is 29.7 Å². The van der Waals surface area contributed by atoms with E-state index in [0.29, 0.717) is 11.8 Å². The van der Waals surface area contributed by atoms with Gasteiger partial charge >= 0.3 is 12.0 Å². The summed E-state index contributed by atoms with van der Waals surface area (Å²) in [5, 5.41) is 20.3. The van der Waals surface area contributed by atoms with E-state index < -0.39 is 28.7 Å². The minimum Gasteiger partial charge on any atom is -0.481 e. The smallest absolute Gasteiger partial charge is 0.314 e. The number of fused-ring (bicyclic) bond motifs is 1. The summed E-state index contributed by atoms with van der Waals surface area (Å²) in [6.07, 6.45) is 16.4. The van der Waals surface area contributed by atoms with Crippen molar-refractivity contribution in [1.82, 2.24) is 4.90 Å². The minimum absolute atomic E-state index is 0.00589. The number of aliphatic carboxylic acids is 1. The highest BCUT2D eigenvalue weighted by Gasteiger charge is 2.52. The van der Waals surface area contributed by atoms with Gasteiger partial charge in [-0.05, 0) is 130 Å². The summed E-state index contributed by atoms with van der Waals surface area (Å²) in [7, 11) is -3.82. The van der Waals surface area contributed by atoms with E-state index in [1.54, 1.807) is 10.5 Å². The van der Waals surface area contributed by atoms with Crippen LogP contribution in [0.1, 0.15) is 132 Å². The highest BCUT2D eigenvalue weighted by molar-refractivity contribution is 6.74. The highest BCUT2D eigenvalue weighted by atomic mass is 28.4. The first-order chi connectivity index (χ1) is 23.4. The van der Waals surface area contributed by atoms with E-state index in [1.165, 1.54) is 12.0 Å². The van der Waals surface area contributed by atoms with E-state index in [1.807, 2.05) is 0 Å². The fourth-order valence-electron chi connectivity index (χ4n) is 8.75. The first-order valence-corrected chi connectivity index (χ1v) is 25.9. The largest absolute Gasteiger partial charge is 0.481 e.